The molecule has 4 atom stereocenters. The summed E-state index contributed by atoms with van der Waals surface area (Å²) >= 11 is 1.27. The van der Waals surface area contributed by atoms with Gasteiger partial charge in [-0.1, -0.05) is 32.0 Å². The number of carbonyl (C=O) groups is 7. The molecule has 19 heteroatoms. The Labute approximate surface area is 361 Å². The van der Waals surface area contributed by atoms with E-state index in [1.807, 2.05) is 39.3 Å². The van der Waals surface area contributed by atoms with Gasteiger partial charge in [-0.2, -0.15) is 0 Å². The maximum absolute atomic E-state index is 14.1. The van der Waals surface area contributed by atoms with E-state index in [0.29, 0.717) is 26.6 Å². The molecular weight excluding hydrogens is 805 g/mol. The molecule has 0 spiro atoms. The van der Waals surface area contributed by atoms with Gasteiger partial charge in [0.25, 0.3) is 0 Å². The monoisotopic (exact) mass is 867 g/mol. The van der Waals surface area contributed by atoms with Gasteiger partial charge in [-0.3, -0.25) is 37.8 Å². The van der Waals surface area contributed by atoms with Gasteiger partial charge in [0.15, 0.2) is 5.69 Å². The number of ether oxygens (including phenoxy) is 1. The van der Waals surface area contributed by atoms with Crippen LogP contribution in [0.2, 0.25) is 0 Å². The molecule has 0 bridgehead atoms. The fraction of sp³-hybridized carbons (Fsp3) is 0.500. The summed E-state index contributed by atoms with van der Waals surface area (Å²) in [5.41, 5.74) is 13.4. The molecule has 1 unspecified atom stereocenters. The number of quaternary nitrogens is 1. The lowest BCUT2D eigenvalue weighted by Crippen LogP contribution is -2.58. The third-order valence-electron chi connectivity index (χ3n) is 9.37. The van der Waals surface area contributed by atoms with Gasteiger partial charge >= 0.3 is 6.09 Å². The number of benzene rings is 2. The third-order valence-corrected chi connectivity index (χ3v) is 10.3. The van der Waals surface area contributed by atoms with Gasteiger partial charge in [-0.05, 0) is 82.8 Å². The van der Waals surface area contributed by atoms with Crippen molar-refractivity contribution >= 4 is 75.8 Å². The zero-order valence-electron chi connectivity index (χ0n) is 37.0. The number of hydrogen-bond donors (Lipinski definition) is 7. The second-order valence-corrected chi connectivity index (χ2v) is 18.4. The fourth-order valence-electron chi connectivity index (χ4n) is 6.33. The molecule has 9 N–H and O–H groups in total. The van der Waals surface area contributed by atoms with Crippen LogP contribution >= 0.6 is 11.9 Å². The van der Waals surface area contributed by atoms with Crippen LogP contribution in [0.5, 0.6) is 0 Å². The van der Waals surface area contributed by atoms with Crippen LogP contribution in [0.15, 0.2) is 53.6 Å². The second-order valence-electron chi connectivity index (χ2n) is 17.1. The molecule has 61 heavy (non-hydrogen) atoms. The number of nitrogens with one attached hydrogen (secondary N) is 5. The zero-order valence-corrected chi connectivity index (χ0v) is 37.8. The Morgan fingerprint density at radius 2 is 1.51 bits per heavy atom. The summed E-state index contributed by atoms with van der Waals surface area (Å²) < 4.78 is 9.11. The van der Waals surface area contributed by atoms with E-state index in [9.17, 15) is 33.6 Å². The molecule has 6 amide bonds. The Morgan fingerprint density at radius 1 is 0.869 bits per heavy atom. The van der Waals surface area contributed by atoms with Gasteiger partial charge in [0.1, 0.15) is 29.8 Å². The van der Waals surface area contributed by atoms with E-state index in [2.05, 4.69) is 26.6 Å². The summed E-state index contributed by atoms with van der Waals surface area (Å²) in [6, 6.07) is 7.82. The second kappa shape index (κ2) is 21.2. The number of rotatable bonds is 19. The van der Waals surface area contributed by atoms with Crippen molar-refractivity contribution in [3.05, 3.63) is 54.2 Å². The molecule has 18 nitrogen and oxygen atoms in total. The first kappa shape index (κ1) is 49.7. The topological polar surface area (TPSA) is 249 Å². The minimum absolute atomic E-state index is 0.170. The largest absolute Gasteiger partial charge is 0.443 e. The number of nitrogen functional groups attached to an aromatic ring is 1. The smallest absolute Gasteiger partial charge is 0.419 e. The molecule has 0 saturated heterocycles. The molecule has 0 aliphatic heterocycles. The molecule has 0 aliphatic carbocycles. The SMILES string of the molecule is CNC(=O)[C@@H](NC(=O)[C@H](C)NC(=O)C(Cc1cn(C(=O)OC(C)(C)C)c2ccccc12)NC(=O)[C@H](CCC(N)=O)NC(=O)CN(C)Sc1ccc([N+](C)(C)C)c(N)c1)C(C)C. The summed E-state index contributed by atoms with van der Waals surface area (Å²) in [6.45, 7) is 9.97. The summed E-state index contributed by atoms with van der Waals surface area (Å²) in [4.78, 5) is 93.4. The molecule has 0 saturated carbocycles. The number of fused-ring (bicyclic) bond motifs is 1. The van der Waals surface area contributed by atoms with E-state index in [0.717, 1.165) is 10.6 Å². The van der Waals surface area contributed by atoms with E-state index in [4.69, 9.17) is 16.2 Å². The summed E-state index contributed by atoms with van der Waals surface area (Å²) in [5.74, 6) is -4.19. The Hall–Kier alpha value is -5.66. The molecule has 0 fully saturated rings. The molecule has 3 aromatic rings. The zero-order chi connectivity index (χ0) is 46.0. The standard InChI is InChI=1S/C42H62N10O8S/c1-24(2)36(40(58)45-7)49-37(55)25(3)46-39(57)31(20-26-22-51(41(59)60-42(4,5)6)32-15-13-12-14-28(26)32)48-38(56)30(17-19-34(44)53)47-35(54)23-50(8)61-27-16-18-33(29(43)21-27)52(9,10)11/h12-16,18,21-22,24-25,30-31,36H,17,19-20,23,43H2,1-11H3,(H6-,44,45,46,47,48,49,53,54,55,56,57,58)/p+1/t25-,30-,31?,36-/m0/s1. The van der Waals surface area contributed by atoms with Crippen molar-refractivity contribution in [3.8, 4) is 0 Å². The number of primary amides is 1. The Bertz CT molecular complexity index is 2090. The highest BCUT2D eigenvalue weighted by atomic mass is 32.2. The number of amides is 6. The van der Waals surface area contributed by atoms with Crippen molar-refractivity contribution in [3.63, 3.8) is 0 Å². The lowest BCUT2D eigenvalue weighted by atomic mass is 10.0. The molecule has 0 radical (unpaired) electrons. The number of anilines is 1. The van der Waals surface area contributed by atoms with E-state index >= 15 is 0 Å². The Kier molecular flexibility index (Phi) is 17.3. The summed E-state index contributed by atoms with van der Waals surface area (Å²) in [5, 5.41) is 13.8. The van der Waals surface area contributed by atoms with Crippen molar-refractivity contribution in [1.82, 2.24) is 39.9 Å². The number of likely N-dealkylation sites (N-methyl/N-ethyl adjacent to an activating group) is 2. The van der Waals surface area contributed by atoms with Gasteiger partial charge in [0.05, 0.1) is 38.9 Å². The number of nitrogens with zero attached hydrogens (tertiary/aromatic N) is 3. The predicted octanol–water partition coefficient (Wildman–Crippen LogP) is 2.01. The van der Waals surface area contributed by atoms with E-state index < -0.39 is 71.3 Å². The van der Waals surface area contributed by atoms with Crippen LogP contribution in [-0.4, -0.2) is 122 Å². The molecule has 2 aromatic carbocycles. The number of para-hydroxylation sites is 1. The third kappa shape index (κ3) is 14.8. The van der Waals surface area contributed by atoms with Crippen LogP contribution in [0.1, 0.15) is 59.9 Å². The van der Waals surface area contributed by atoms with Crippen molar-refractivity contribution in [2.45, 2.75) is 95.5 Å². The lowest BCUT2D eigenvalue weighted by molar-refractivity contribution is -0.134. The number of aromatic nitrogens is 1. The van der Waals surface area contributed by atoms with Crippen LogP contribution in [0.4, 0.5) is 16.2 Å². The van der Waals surface area contributed by atoms with Crippen LogP contribution in [-0.2, 0) is 39.9 Å². The van der Waals surface area contributed by atoms with Crippen molar-refractivity contribution in [2.24, 2.45) is 11.7 Å². The highest BCUT2D eigenvalue weighted by Crippen LogP contribution is 2.31. The van der Waals surface area contributed by atoms with E-state index in [-0.39, 0.29) is 31.7 Å². The quantitative estimate of drug-likeness (QED) is 0.0522. The van der Waals surface area contributed by atoms with Crippen LogP contribution in [0.3, 0.4) is 0 Å². The van der Waals surface area contributed by atoms with Gasteiger partial charge in [0.2, 0.25) is 35.4 Å². The molecule has 0 aliphatic rings. The summed E-state index contributed by atoms with van der Waals surface area (Å²) in [7, 11) is 9.13. The molecule has 1 aromatic heterocycles. The molecule has 3 rings (SSSR count). The number of carbonyl (C=O) groups excluding carboxylic acids is 7. The van der Waals surface area contributed by atoms with E-state index in [1.165, 1.54) is 36.7 Å². The number of nitrogens with two attached hydrogens (primary N) is 2. The predicted molar refractivity (Wildman–Crippen MR) is 237 cm³/mol. The maximum atomic E-state index is 14.1. The van der Waals surface area contributed by atoms with E-state index in [1.54, 1.807) is 70.2 Å². The van der Waals surface area contributed by atoms with Crippen molar-refractivity contribution < 1.29 is 38.3 Å². The highest BCUT2D eigenvalue weighted by molar-refractivity contribution is 7.97. The first-order chi connectivity index (χ1) is 28.3. The first-order valence-electron chi connectivity index (χ1n) is 19.9. The molecular formula is C42H63N10O8S+. The van der Waals surface area contributed by atoms with Crippen molar-refractivity contribution in [2.75, 3.05) is 47.5 Å². The van der Waals surface area contributed by atoms with Gasteiger partial charge < -0.3 is 42.8 Å². The average Bonchev–Trinajstić information content (AvgIpc) is 3.51. The normalized spacial score (nSPS) is 13.8. The van der Waals surface area contributed by atoms with Crippen LogP contribution < -0.4 is 42.5 Å². The lowest BCUT2D eigenvalue weighted by Gasteiger charge is -2.26. The fourth-order valence-corrected chi connectivity index (χ4v) is 7.19. The Balaban J connectivity index is 1.93. The maximum Gasteiger partial charge on any atom is 0.419 e. The molecule has 334 valence electrons. The van der Waals surface area contributed by atoms with Gasteiger partial charge in [-0.25, -0.2) is 9.10 Å². The van der Waals surface area contributed by atoms with Gasteiger partial charge in [0, 0.05) is 42.4 Å². The number of hydrogen-bond acceptors (Lipinski definition) is 11. The Morgan fingerprint density at radius 3 is 2.08 bits per heavy atom. The van der Waals surface area contributed by atoms with Gasteiger partial charge in [-0.15, -0.1) is 0 Å². The summed E-state index contributed by atoms with van der Waals surface area (Å²) in [6.07, 6.45) is 0.222. The van der Waals surface area contributed by atoms with Crippen molar-refractivity contribution in [1.29, 1.82) is 0 Å². The van der Waals surface area contributed by atoms with Crippen LogP contribution in [0, 0.1) is 5.92 Å². The highest BCUT2D eigenvalue weighted by Gasteiger charge is 2.32. The molecule has 1 heterocycles. The first-order valence-corrected chi connectivity index (χ1v) is 20.7. The minimum Gasteiger partial charge on any atom is -0.443 e. The minimum atomic E-state index is -1.38. The van der Waals surface area contributed by atoms with Crippen LogP contribution in [0.25, 0.3) is 10.9 Å². The average molecular weight is 868 g/mol.